The zero-order valence-electron chi connectivity index (χ0n) is 17.7. The van der Waals surface area contributed by atoms with Crippen LogP contribution in [0, 0.1) is 12.7 Å². The summed E-state index contributed by atoms with van der Waals surface area (Å²) in [5, 5.41) is 0. The van der Waals surface area contributed by atoms with Crippen molar-refractivity contribution in [1.82, 2.24) is 0 Å². The van der Waals surface area contributed by atoms with Gasteiger partial charge in [-0.3, -0.25) is 0 Å². The lowest BCUT2D eigenvalue weighted by Gasteiger charge is -2.40. The number of benzene rings is 2. The van der Waals surface area contributed by atoms with E-state index in [9.17, 15) is 17.6 Å². The van der Waals surface area contributed by atoms with Crippen molar-refractivity contribution in [2.45, 2.75) is 70.3 Å². The maximum absolute atomic E-state index is 14.1. The van der Waals surface area contributed by atoms with Crippen LogP contribution in [0.15, 0.2) is 36.4 Å². The van der Waals surface area contributed by atoms with Gasteiger partial charge in [0.2, 0.25) is 0 Å². The molecule has 168 valence electrons. The SMILES string of the molecule is CCCOc1cc(C(F)(F)F)ccc1O[C@H]1C[C@H]2CC[C@@H](C1)N2c1ccc(C)c(F)c1. The number of rotatable bonds is 6. The monoisotopic (exact) mass is 437 g/mol. The van der Waals surface area contributed by atoms with Gasteiger partial charge in [-0.25, -0.2) is 4.39 Å². The van der Waals surface area contributed by atoms with E-state index in [0.717, 1.165) is 43.5 Å². The van der Waals surface area contributed by atoms with E-state index in [-0.39, 0.29) is 29.8 Å². The smallest absolute Gasteiger partial charge is 0.416 e. The van der Waals surface area contributed by atoms with Crippen molar-refractivity contribution in [3.8, 4) is 11.5 Å². The second-order valence-corrected chi connectivity index (χ2v) is 8.44. The Morgan fingerprint density at radius 1 is 1.00 bits per heavy atom. The van der Waals surface area contributed by atoms with Gasteiger partial charge in [-0.05, 0) is 62.1 Å². The number of piperidine rings is 1. The zero-order valence-corrected chi connectivity index (χ0v) is 17.7. The topological polar surface area (TPSA) is 21.7 Å². The average Bonchev–Trinajstić information content (AvgIpc) is 2.99. The first-order chi connectivity index (χ1) is 14.8. The van der Waals surface area contributed by atoms with Gasteiger partial charge in [0.15, 0.2) is 11.5 Å². The Bertz CT molecular complexity index is 916. The molecule has 2 aliphatic heterocycles. The molecule has 0 aliphatic carbocycles. The van der Waals surface area contributed by atoms with Crippen LogP contribution in [0.4, 0.5) is 23.2 Å². The summed E-state index contributed by atoms with van der Waals surface area (Å²) in [6.07, 6.45) is -0.411. The van der Waals surface area contributed by atoms with Crippen molar-refractivity contribution in [3.05, 3.63) is 53.3 Å². The summed E-state index contributed by atoms with van der Waals surface area (Å²) in [5.74, 6) is 0.269. The van der Waals surface area contributed by atoms with Gasteiger partial charge in [0.25, 0.3) is 0 Å². The van der Waals surface area contributed by atoms with E-state index in [4.69, 9.17) is 9.47 Å². The summed E-state index contributed by atoms with van der Waals surface area (Å²) in [6, 6.07) is 9.20. The number of halogens is 4. The minimum Gasteiger partial charge on any atom is -0.490 e. The average molecular weight is 437 g/mol. The zero-order chi connectivity index (χ0) is 22.2. The predicted molar refractivity (Wildman–Crippen MR) is 111 cm³/mol. The summed E-state index contributed by atoms with van der Waals surface area (Å²) >= 11 is 0. The Kier molecular flexibility index (Phi) is 6.04. The third-order valence-electron chi connectivity index (χ3n) is 6.17. The van der Waals surface area contributed by atoms with Gasteiger partial charge < -0.3 is 14.4 Å². The van der Waals surface area contributed by atoms with Crippen LogP contribution >= 0.6 is 0 Å². The van der Waals surface area contributed by atoms with Crippen LogP contribution in [0.25, 0.3) is 0 Å². The number of hydrogen-bond acceptors (Lipinski definition) is 3. The quantitative estimate of drug-likeness (QED) is 0.480. The van der Waals surface area contributed by atoms with Gasteiger partial charge in [0.1, 0.15) is 11.9 Å². The Balaban J connectivity index is 1.51. The molecule has 2 heterocycles. The van der Waals surface area contributed by atoms with Crippen LogP contribution in [0.3, 0.4) is 0 Å². The highest BCUT2D eigenvalue weighted by Gasteiger charge is 2.42. The lowest BCUT2D eigenvalue weighted by atomic mass is 9.98. The molecule has 0 amide bonds. The molecule has 0 saturated carbocycles. The number of fused-ring (bicyclic) bond motifs is 2. The molecule has 2 aromatic carbocycles. The second kappa shape index (κ2) is 8.60. The summed E-state index contributed by atoms with van der Waals surface area (Å²) < 4.78 is 65.2. The lowest BCUT2D eigenvalue weighted by molar-refractivity contribution is -0.137. The van der Waals surface area contributed by atoms with E-state index in [1.54, 1.807) is 19.1 Å². The van der Waals surface area contributed by atoms with E-state index in [0.29, 0.717) is 24.3 Å². The van der Waals surface area contributed by atoms with Crippen LogP contribution in [-0.2, 0) is 6.18 Å². The Labute approximate surface area is 180 Å². The van der Waals surface area contributed by atoms with Crippen molar-refractivity contribution in [2.75, 3.05) is 11.5 Å². The Hall–Kier alpha value is -2.44. The van der Waals surface area contributed by atoms with Crippen molar-refractivity contribution >= 4 is 5.69 Å². The summed E-state index contributed by atoms with van der Waals surface area (Å²) in [5.41, 5.74) is 0.758. The molecule has 0 N–H and O–H groups in total. The number of aryl methyl sites for hydroxylation is 1. The van der Waals surface area contributed by atoms with Crippen molar-refractivity contribution in [2.24, 2.45) is 0 Å². The van der Waals surface area contributed by atoms with Gasteiger partial charge in [0.05, 0.1) is 12.2 Å². The van der Waals surface area contributed by atoms with Gasteiger partial charge in [0, 0.05) is 30.6 Å². The largest absolute Gasteiger partial charge is 0.490 e. The molecular weight excluding hydrogens is 410 g/mol. The van der Waals surface area contributed by atoms with Crippen LogP contribution in [0.2, 0.25) is 0 Å². The maximum atomic E-state index is 14.1. The van der Waals surface area contributed by atoms with E-state index < -0.39 is 11.7 Å². The molecule has 2 bridgehead atoms. The molecule has 4 rings (SSSR count). The van der Waals surface area contributed by atoms with Gasteiger partial charge in [-0.15, -0.1) is 0 Å². The summed E-state index contributed by atoms with van der Waals surface area (Å²) in [7, 11) is 0. The normalized spacial score (nSPS) is 23.2. The highest BCUT2D eigenvalue weighted by molar-refractivity contribution is 5.52. The third-order valence-corrected chi connectivity index (χ3v) is 6.17. The summed E-state index contributed by atoms with van der Waals surface area (Å²) in [6.45, 7) is 3.96. The fourth-order valence-electron chi connectivity index (χ4n) is 4.67. The number of anilines is 1. The van der Waals surface area contributed by atoms with Crippen molar-refractivity contribution < 1.29 is 27.0 Å². The molecule has 7 heteroatoms. The molecule has 0 radical (unpaired) electrons. The molecule has 3 nitrogen and oxygen atoms in total. The van der Waals surface area contributed by atoms with E-state index in [1.165, 1.54) is 6.07 Å². The minimum atomic E-state index is -4.43. The molecule has 2 saturated heterocycles. The first-order valence-electron chi connectivity index (χ1n) is 10.8. The fraction of sp³-hybridized carbons (Fsp3) is 0.500. The number of nitrogens with zero attached hydrogens (tertiary/aromatic N) is 1. The molecular formula is C24H27F4NO2. The molecule has 2 aromatic rings. The molecule has 2 aliphatic rings. The molecule has 0 unspecified atom stereocenters. The molecule has 2 fully saturated rings. The van der Waals surface area contributed by atoms with E-state index >= 15 is 0 Å². The highest BCUT2D eigenvalue weighted by atomic mass is 19.4. The van der Waals surface area contributed by atoms with Crippen LogP contribution in [0.5, 0.6) is 11.5 Å². The highest BCUT2D eigenvalue weighted by Crippen LogP contribution is 2.43. The van der Waals surface area contributed by atoms with Crippen molar-refractivity contribution in [3.63, 3.8) is 0 Å². The third kappa shape index (κ3) is 4.60. The standard InChI is InChI=1S/C24H27F4NO2/c1-3-10-30-23-11-16(24(26,27)28)5-9-22(23)31-20-12-17-7-8-18(13-20)29(17)19-6-4-15(2)21(25)14-19/h4-6,9,11,14,17-18,20H,3,7-8,10,12-13H2,1-2H3/t17-,18+,20+. The minimum absolute atomic E-state index is 0.121. The van der Waals surface area contributed by atoms with Crippen LogP contribution in [0.1, 0.15) is 50.2 Å². The van der Waals surface area contributed by atoms with Gasteiger partial charge in [-0.1, -0.05) is 13.0 Å². The molecule has 3 atom stereocenters. The molecule has 0 aromatic heterocycles. The summed E-state index contributed by atoms with van der Waals surface area (Å²) in [4.78, 5) is 2.28. The predicted octanol–water partition coefficient (Wildman–Crippen LogP) is 6.52. The maximum Gasteiger partial charge on any atom is 0.416 e. The molecule has 0 spiro atoms. The van der Waals surface area contributed by atoms with Crippen LogP contribution in [-0.4, -0.2) is 24.8 Å². The number of alkyl halides is 3. The molecule has 31 heavy (non-hydrogen) atoms. The van der Waals surface area contributed by atoms with Gasteiger partial charge >= 0.3 is 6.18 Å². The van der Waals surface area contributed by atoms with Gasteiger partial charge in [-0.2, -0.15) is 13.2 Å². The number of ether oxygens (including phenoxy) is 2. The fourth-order valence-corrected chi connectivity index (χ4v) is 4.67. The van der Waals surface area contributed by atoms with E-state index in [1.807, 2.05) is 13.0 Å². The second-order valence-electron chi connectivity index (χ2n) is 8.44. The van der Waals surface area contributed by atoms with Crippen molar-refractivity contribution in [1.29, 1.82) is 0 Å². The Morgan fingerprint density at radius 3 is 2.32 bits per heavy atom. The Morgan fingerprint density at radius 2 is 1.71 bits per heavy atom. The van der Waals surface area contributed by atoms with E-state index in [2.05, 4.69) is 4.90 Å². The van der Waals surface area contributed by atoms with Crippen LogP contribution < -0.4 is 14.4 Å². The lowest BCUT2D eigenvalue weighted by Crippen LogP contribution is -2.46. The first-order valence-corrected chi connectivity index (χ1v) is 10.8. The number of hydrogen-bond donors (Lipinski definition) is 0. The first kappa shape index (κ1) is 21.8.